The molecule has 1 unspecified atom stereocenters. The smallest absolute Gasteiger partial charge is 0.201 e. The molecule has 1 fully saturated rings. The lowest BCUT2D eigenvalue weighted by atomic mass is 10.0. The first-order chi connectivity index (χ1) is 8.83. The second-order valence-electron chi connectivity index (χ2n) is 4.54. The van der Waals surface area contributed by atoms with Crippen LogP contribution < -0.4 is 0 Å². The number of ketones is 1. The van der Waals surface area contributed by atoms with Gasteiger partial charge in [0, 0.05) is 12.0 Å². The van der Waals surface area contributed by atoms with Crippen LogP contribution in [0.25, 0.3) is 0 Å². The summed E-state index contributed by atoms with van der Waals surface area (Å²) in [4.78, 5) is 16.3. The van der Waals surface area contributed by atoms with Gasteiger partial charge in [-0.25, -0.2) is 4.99 Å². The molecule has 94 valence electrons. The Labute approximate surface area is 106 Å². The molecule has 0 N–H and O–H groups in total. The van der Waals surface area contributed by atoms with Gasteiger partial charge in [0.15, 0.2) is 11.7 Å². The van der Waals surface area contributed by atoms with Crippen molar-refractivity contribution in [3.8, 4) is 0 Å². The summed E-state index contributed by atoms with van der Waals surface area (Å²) in [6.07, 6.45) is 3.04. The van der Waals surface area contributed by atoms with Crippen LogP contribution in [0.2, 0.25) is 0 Å². The van der Waals surface area contributed by atoms with E-state index in [2.05, 4.69) is 4.99 Å². The van der Waals surface area contributed by atoms with Gasteiger partial charge in [0.1, 0.15) is 0 Å². The van der Waals surface area contributed by atoms with E-state index >= 15 is 0 Å². The zero-order valence-electron chi connectivity index (χ0n) is 10.1. The maximum atomic E-state index is 11.9. The van der Waals surface area contributed by atoms with Crippen LogP contribution >= 0.6 is 0 Å². The maximum Gasteiger partial charge on any atom is 0.201 e. The number of fused-ring (bicyclic) bond motifs is 1. The van der Waals surface area contributed by atoms with Crippen molar-refractivity contribution in [2.45, 2.75) is 32.0 Å². The van der Waals surface area contributed by atoms with Crippen LogP contribution in [-0.2, 0) is 9.47 Å². The van der Waals surface area contributed by atoms with Crippen LogP contribution in [0.3, 0.4) is 0 Å². The van der Waals surface area contributed by atoms with Gasteiger partial charge in [-0.05, 0) is 25.0 Å². The minimum absolute atomic E-state index is 0.0615. The van der Waals surface area contributed by atoms with Gasteiger partial charge in [0.25, 0.3) is 0 Å². The molecule has 3 rings (SSSR count). The zero-order chi connectivity index (χ0) is 12.4. The normalized spacial score (nSPS) is 23.2. The number of carbonyl (C=O) groups excluding carboxylic acids is 1. The van der Waals surface area contributed by atoms with E-state index in [1.54, 1.807) is 6.07 Å². The van der Waals surface area contributed by atoms with Crippen LogP contribution in [0.4, 0.5) is 5.69 Å². The highest BCUT2D eigenvalue weighted by Crippen LogP contribution is 2.26. The molecule has 0 aromatic heterocycles. The van der Waals surface area contributed by atoms with E-state index < -0.39 is 0 Å². The van der Waals surface area contributed by atoms with Crippen molar-refractivity contribution in [1.82, 2.24) is 0 Å². The Hall–Kier alpha value is -1.68. The number of benzene rings is 1. The summed E-state index contributed by atoms with van der Waals surface area (Å²) < 4.78 is 11.2. The summed E-state index contributed by atoms with van der Waals surface area (Å²) in [6.45, 7) is 0.725. The Balaban J connectivity index is 1.78. The first-order valence-electron chi connectivity index (χ1n) is 6.31. The van der Waals surface area contributed by atoms with Crippen molar-refractivity contribution in [3.63, 3.8) is 0 Å². The molecular weight excluding hydrogens is 230 g/mol. The third kappa shape index (κ3) is 2.29. The predicted molar refractivity (Wildman–Crippen MR) is 67.2 cm³/mol. The fourth-order valence-corrected chi connectivity index (χ4v) is 2.24. The van der Waals surface area contributed by atoms with Gasteiger partial charge in [-0.3, -0.25) is 4.79 Å². The lowest BCUT2D eigenvalue weighted by Gasteiger charge is -2.25. The van der Waals surface area contributed by atoms with Gasteiger partial charge in [-0.15, -0.1) is 0 Å². The fourth-order valence-electron chi connectivity index (χ4n) is 2.24. The van der Waals surface area contributed by atoms with E-state index in [4.69, 9.17) is 9.47 Å². The highest BCUT2D eigenvalue weighted by atomic mass is 16.7. The third-order valence-electron chi connectivity index (χ3n) is 3.17. The van der Waals surface area contributed by atoms with Gasteiger partial charge in [-0.1, -0.05) is 12.1 Å². The van der Waals surface area contributed by atoms with Crippen LogP contribution in [0, 0.1) is 0 Å². The average Bonchev–Trinajstić information content (AvgIpc) is 2.40. The summed E-state index contributed by atoms with van der Waals surface area (Å²) >= 11 is 0. The van der Waals surface area contributed by atoms with Crippen molar-refractivity contribution in [2.24, 2.45) is 4.99 Å². The van der Waals surface area contributed by atoms with Crippen molar-refractivity contribution < 1.29 is 14.3 Å². The molecule has 1 aromatic carbocycles. The van der Waals surface area contributed by atoms with E-state index in [0.717, 1.165) is 25.9 Å². The minimum atomic E-state index is -0.240. The number of hydrogen-bond acceptors (Lipinski definition) is 4. The monoisotopic (exact) mass is 245 g/mol. The van der Waals surface area contributed by atoms with Crippen molar-refractivity contribution in [2.75, 3.05) is 6.61 Å². The SMILES string of the molecule is O=C1CC(OC2CCCCO2)=Nc2ccccc21. The van der Waals surface area contributed by atoms with E-state index in [-0.39, 0.29) is 18.5 Å². The largest absolute Gasteiger partial charge is 0.451 e. The number of hydrogen-bond donors (Lipinski definition) is 0. The first kappa shape index (κ1) is 11.4. The molecule has 0 bridgehead atoms. The van der Waals surface area contributed by atoms with Crippen molar-refractivity contribution in [1.29, 1.82) is 0 Å². The number of para-hydroxylation sites is 1. The van der Waals surface area contributed by atoms with Crippen LogP contribution in [0.1, 0.15) is 36.0 Å². The Kier molecular flexibility index (Phi) is 3.11. The summed E-state index contributed by atoms with van der Waals surface area (Å²) in [5.41, 5.74) is 1.37. The molecule has 4 heteroatoms. The average molecular weight is 245 g/mol. The molecule has 0 spiro atoms. The molecule has 1 aromatic rings. The lowest BCUT2D eigenvalue weighted by Crippen LogP contribution is -2.27. The first-order valence-corrected chi connectivity index (χ1v) is 6.31. The molecule has 0 radical (unpaired) electrons. The molecule has 0 amide bonds. The second-order valence-corrected chi connectivity index (χ2v) is 4.54. The molecule has 2 aliphatic rings. The van der Waals surface area contributed by atoms with Crippen LogP contribution in [0.15, 0.2) is 29.3 Å². The summed E-state index contributed by atoms with van der Waals surface area (Å²) in [5, 5.41) is 0. The van der Waals surface area contributed by atoms with Crippen LogP contribution in [-0.4, -0.2) is 24.6 Å². The standard InChI is InChI=1S/C14H15NO3/c16-12-9-13(18-14-7-3-4-8-17-14)15-11-6-2-1-5-10(11)12/h1-2,5-6,14H,3-4,7-9H2. The second kappa shape index (κ2) is 4.90. The molecule has 2 aliphatic heterocycles. The van der Waals surface area contributed by atoms with Crippen molar-refractivity contribution >= 4 is 17.4 Å². The highest BCUT2D eigenvalue weighted by molar-refractivity contribution is 6.13. The quantitative estimate of drug-likeness (QED) is 0.764. The number of ether oxygens (including phenoxy) is 2. The van der Waals surface area contributed by atoms with Gasteiger partial charge in [-0.2, -0.15) is 0 Å². The Morgan fingerprint density at radius 1 is 1.28 bits per heavy atom. The molecule has 1 saturated heterocycles. The van der Waals surface area contributed by atoms with Crippen LogP contribution in [0.5, 0.6) is 0 Å². The fraction of sp³-hybridized carbons (Fsp3) is 0.429. The molecule has 2 heterocycles. The number of Topliss-reactive ketones (excluding diaryl/α,β-unsaturated/α-hetero) is 1. The summed E-state index contributed by atoms with van der Waals surface area (Å²) in [7, 11) is 0. The molecule has 18 heavy (non-hydrogen) atoms. The molecule has 1 atom stereocenters. The molecule has 4 nitrogen and oxygen atoms in total. The number of aliphatic imine (C=N–C) groups is 1. The molecule has 0 saturated carbocycles. The number of rotatable bonds is 1. The third-order valence-corrected chi connectivity index (χ3v) is 3.17. The highest BCUT2D eigenvalue weighted by Gasteiger charge is 2.24. The topological polar surface area (TPSA) is 47.9 Å². The number of carbonyl (C=O) groups is 1. The van der Waals surface area contributed by atoms with Crippen molar-refractivity contribution in [3.05, 3.63) is 29.8 Å². The summed E-state index contributed by atoms with van der Waals surface area (Å²) in [6, 6.07) is 7.35. The predicted octanol–water partition coefficient (Wildman–Crippen LogP) is 2.85. The Morgan fingerprint density at radius 3 is 3.00 bits per heavy atom. The maximum absolute atomic E-state index is 11.9. The van der Waals surface area contributed by atoms with E-state index in [1.165, 1.54) is 0 Å². The summed E-state index contributed by atoms with van der Waals surface area (Å²) in [5.74, 6) is 0.539. The van der Waals surface area contributed by atoms with Gasteiger partial charge < -0.3 is 9.47 Å². The van der Waals surface area contributed by atoms with E-state index in [0.29, 0.717) is 17.1 Å². The zero-order valence-corrected chi connectivity index (χ0v) is 10.1. The van der Waals surface area contributed by atoms with E-state index in [9.17, 15) is 4.79 Å². The molecular formula is C14H15NO3. The Morgan fingerprint density at radius 2 is 2.17 bits per heavy atom. The van der Waals surface area contributed by atoms with Gasteiger partial charge >= 0.3 is 0 Å². The lowest BCUT2D eigenvalue weighted by molar-refractivity contribution is -0.114. The van der Waals surface area contributed by atoms with Gasteiger partial charge in [0.2, 0.25) is 6.29 Å². The Bertz CT molecular complexity index is 490. The number of nitrogens with zero attached hydrogens (tertiary/aromatic N) is 1. The van der Waals surface area contributed by atoms with E-state index in [1.807, 2.05) is 18.2 Å². The van der Waals surface area contributed by atoms with Gasteiger partial charge in [0.05, 0.1) is 18.7 Å². The minimum Gasteiger partial charge on any atom is -0.451 e. The molecule has 0 aliphatic carbocycles.